The van der Waals surface area contributed by atoms with Crippen LogP contribution < -0.4 is 53.6 Å². The van der Waals surface area contributed by atoms with Crippen LogP contribution in [0.3, 0.4) is 0 Å². The van der Waals surface area contributed by atoms with E-state index in [0.717, 1.165) is 0 Å². The lowest BCUT2D eigenvalue weighted by Gasteiger charge is -2.29. The Hall–Kier alpha value is -6.60. The number of carbonyl (C=O) groups excluding carboxylic acids is 9. The Morgan fingerprint density at radius 1 is 0.629 bits per heavy atom. The molecule has 0 unspecified atom stereocenters. The average molecular weight is 986 g/mol. The van der Waals surface area contributed by atoms with Gasteiger partial charge in [-0.15, -0.1) is 12.3 Å². The van der Waals surface area contributed by atoms with Gasteiger partial charge < -0.3 is 63.8 Å². The van der Waals surface area contributed by atoms with Crippen molar-refractivity contribution in [1.82, 2.24) is 47.9 Å². The summed E-state index contributed by atoms with van der Waals surface area (Å²) in [5.74, 6) is -7.13. The van der Waals surface area contributed by atoms with E-state index in [0.29, 0.717) is 24.8 Å². The molecule has 22 nitrogen and oxygen atoms in total. The average Bonchev–Trinajstić information content (AvgIpc) is 3.31. The maximum Gasteiger partial charge on any atom is 0.327 e. The minimum absolute atomic E-state index is 0.0625. The van der Waals surface area contributed by atoms with Crippen molar-refractivity contribution in [2.24, 2.45) is 17.8 Å². The van der Waals surface area contributed by atoms with Crippen molar-refractivity contribution in [3.05, 3.63) is 35.9 Å². The number of hydrogen-bond acceptors (Lipinski definition) is 11. The van der Waals surface area contributed by atoms with Gasteiger partial charge in [0.25, 0.3) is 5.91 Å². The molecule has 0 aromatic heterocycles. The zero-order chi connectivity index (χ0) is 53.5. The highest BCUT2D eigenvalue weighted by Gasteiger charge is 2.38. The van der Waals surface area contributed by atoms with Gasteiger partial charge in [-0.2, -0.15) is 0 Å². The lowest BCUT2D eigenvalue weighted by atomic mass is 9.91. The van der Waals surface area contributed by atoms with E-state index in [1.807, 2.05) is 6.92 Å². The SMILES string of the molecule is C#CC[C@H](NC(=O)[C@@H](NC(=O)[C@H](CC(C)C)NC(=O)[C@@H](NC(=O)CNC(=O)[C@@H](NC(=O)CNC(=O)[C@H](C)NC(=O)[C@@H](CCC)NC(=O)[C@](C)([NH3+])c1ccccc1)[C@@H](C)CC)[C@@H](C)CC)[C@@H](C)O)C(=O)O. The fraction of sp³-hybridized carbons (Fsp3) is 0.625. The van der Waals surface area contributed by atoms with E-state index in [-0.39, 0.29) is 25.2 Å². The molecule has 0 heterocycles. The molecule has 0 aliphatic heterocycles. The highest BCUT2D eigenvalue weighted by molar-refractivity contribution is 5.97. The third-order valence-corrected chi connectivity index (χ3v) is 11.7. The molecule has 70 heavy (non-hydrogen) atoms. The van der Waals surface area contributed by atoms with Gasteiger partial charge in [0.2, 0.25) is 47.3 Å². The minimum Gasteiger partial charge on any atom is -0.480 e. The van der Waals surface area contributed by atoms with Gasteiger partial charge in [-0.25, -0.2) is 4.79 Å². The molecular formula is C48H77N10O12+. The highest BCUT2D eigenvalue weighted by atomic mass is 16.4. The number of nitrogens with one attached hydrogen (secondary N) is 9. The number of aliphatic carboxylic acids is 1. The number of carboxylic acids is 1. The number of amides is 9. The summed E-state index contributed by atoms with van der Waals surface area (Å²) >= 11 is 0. The Kier molecular flexibility index (Phi) is 26.4. The van der Waals surface area contributed by atoms with Gasteiger partial charge in [0, 0.05) is 18.9 Å². The molecule has 0 bridgehead atoms. The first kappa shape index (κ1) is 61.4. The monoisotopic (exact) mass is 986 g/mol. The quantitative estimate of drug-likeness (QED) is 0.0381. The van der Waals surface area contributed by atoms with Crippen LogP contribution in [0.2, 0.25) is 0 Å². The van der Waals surface area contributed by atoms with Gasteiger partial charge in [0.05, 0.1) is 19.2 Å². The molecular weight excluding hydrogens is 909 g/mol. The van der Waals surface area contributed by atoms with Crippen LogP contribution in [0.1, 0.15) is 113 Å². The fourth-order valence-electron chi connectivity index (χ4n) is 6.85. The third-order valence-electron chi connectivity index (χ3n) is 11.7. The van der Waals surface area contributed by atoms with Crippen LogP contribution in [0.15, 0.2) is 30.3 Å². The molecule has 0 spiro atoms. The largest absolute Gasteiger partial charge is 0.480 e. The van der Waals surface area contributed by atoms with Crippen molar-refractivity contribution < 1.29 is 63.9 Å². The number of aliphatic hydroxyl groups is 1. The normalized spacial score (nSPS) is 16.2. The van der Waals surface area contributed by atoms with E-state index in [1.165, 1.54) is 13.8 Å². The number of aliphatic hydroxyl groups excluding tert-OH is 1. The Balaban J connectivity index is 2.98. The van der Waals surface area contributed by atoms with Crippen molar-refractivity contribution in [2.75, 3.05) is 13.1 Å². The van der Waals surface area contributed by atoms with Crippen molar-refractivity contribution in [2.45, 2.75) is 162 Å². The van der Waals surface area contributed by atoms with Gasteiger partial charge in [0.1, 0.15) is 42.3 Å². The summed E-state index contributed by atoms with van der Waals surface area (Å²) in [4.78, 5) is 131. The van der Waals surface area contributed by atoms with Gasteiger partial charge in [0.15, 0.2) is 5.54 Å². The van der Waals surface area contributed by atoms with Crippen LogP contribution in [0.25, 0.3) is 0 Å². The first-order chi connectivity index (χ1) is 32.7. The molecule has 0 radical (unpaired) electrons. The summed E-state index contributed by atoms with van der Waals surface area (Å²) in [6.07, 6.45) is 5.06. The molecule has 9 amide bonds. The number of carbonyl (C=O) groups is 10. The summed E-state index contributed by atoms with van der Waals surface area (Å²) in [5, 5.41) is 42.3. The second-order valence-corrected chi connectivity index (χ2v) is 18.3. The smallest absolute Gasteiger partial charge is 0.327 e. The number of benzene rings is 1. The van der Waals surface area contributed by atoms with Gasteiger partial charge >= 0.3 is 5.97 Å². The molecule has 1 rings (SSSR count). The summed E-state index contributed by atoms with van der Waals surface area (Å²) in [5.41, 5.74) is 3.49. The second kappa shape index (κ2) is 30.1. The van der Waals surface area contributed by atoms with E-state index in [4.69, 9.17) is 6.42 Å². The molecule has 0 saturated carbocycles. The van der Waals surface area contributed by atoms with E-state index < -0.39 is 138 Å². The Morgan fingerprint density at radius 2 is 1.11 bits per heavy atom. The molecule has 0 saturated heterocycles. The maximum atomic E-state index is 13.8. The standard InChI is InChI=1S/C48H76N10O12/c1-12-19-32(55-47(70)48(11,49)31-21-17-16-18-22-31)41(63)52-29(9)40(62)50-24-35(60)56-37(27(7)14-3)43(65)51-25-36(61)57-38(28(8)15-4)44(66)54-34(23-26(5)6)42(64)58-39(30(10)59)45(67)53-33(20-13-2)46(68)69/h2,16-18,21-22,26-30,32-34,37-39,59H,12,14-15,19-20,23-25,49H2,1,3-11H3,(H,50,62)(H,51,65)(H,52,63)(H,53,67)(H,54,66)(H,55,70)(H,56,60)(H,57,61)(H,58,64)(H,68,69)/p+1/t27-,28-,29-,30+,32+,33-,34-,37-,38-,39-,48+/m0/s1. The Bertz CT molecular complexity index is 2010. The molecule has 14 N–H and O–H groups in total. The lowest BCUT2D eigenvalue weighted by Crippen LogP contribution is -2.75. The molecule has 1 aromatic rings. The van der Waals surface area contributed by atoms with E-state index in [2.05, 4.69) is 59.5 Å². The van der Waals surface area contributed by atoms with Gasteiger partial charge in [-0.3, -0.25) is 43.2 Å². The van der Waals surface area contributed by atoms with Crippen molar-refractivity contribution in [3.8, 4) is 12.3 Å². The van der Waals surface area contributed by atoms with Crippen LogP contribution in [-0.4, -0.2) is 131 Å². The molecule has 1 aromatic carbocycles. The van der Waals surface area contributed by atoms with Crippen molar-refractivity contribution in [1.29, 1.82) is 0 Å². The zero-order valence-electron chi connectivity index (χ0n) is 42.2. The van der Waals surface area contributed by atoms with Crippen LogP contribution in [0.5, 0.6) is 0 Å². The molecule has 0 aliphatic carbocycles. The molecule has 22 heteroatoms. The number of terminal acetylenes is 1. The number of hydrogen-bond donors (Lipinski definition) is 12. The molecule has 11 atom stereocenters. The number of rotatable bonds is 30. The predicted molar refractivity (Wildman–Crippen MR) is 258 cm³/mol. The highest BCUT2D eigenvalue weighted by Crippen LogP contribution is 2.17. The Morgan fingerprint density at radius 3 is 1.59 bits per heavy atom. The first-order valence-electron chi connectivity index (χ1n) is 23.7. The predicted octanol–water partition coefficient (Wildman–Crippen LogP) is -1.78. The van der Waals surface area contributed by atoms with Crippen LogP contribution in [0.4, 0.5) is 0 Å². The molecule has 390 valence electrons. The lowest BCUT2D eigenvalue weighted by molar-refractivity contribution is -0.461. The van der Waals surface area contributed by atoms with E-state index >= 15 is 0 Å². The van der Waals surface area contributed by atoms with Crippen LogP contribution in [-0.2, 0) is 53.5 Å². The van der Waals surface area contributed by atoms with E-state index in [9.17, 15) is 58.2 Å². The third kappa shape index (κ3) is 20.2. The van der Waals surface area contributed by atoms with Gasteiger partial charge in [-0.05, 0) is 44.4 Å². The van der Waals surface area contributed by atoms with E-state index in [1.54, 1.807) is 78.8 Å². The molecule has 0 fully saturated rings. The number of quaternary nitrogens is 1. The zero-order valence-corrected chi connectivity index (χ0v) is 42.2. The first-order valence-corrected chi connectivity index (χ1v) is 23.7. The fourth-order valence-corrected chi connectivity index (χ4v) is 6.85. The summed E-state index contributed by atoms with van der Waals surface area (Å²) in [6.45, 7) is 15.4. The summed E-state index contributed by atoms with van der Waals surface area (Å²) in [7, 11) is 0. The van der Waals surface area contributed by atoms with Gasteiger partial charge in [-0.1, -0.05) is 98.1 Å². The van der Waals surface area contributed by atoms with Crippen molar-refractivity contribution >= 4 is 59.1 Å². The van der Waals surface area contributed by atoms with Crippen molar-refractivity contribution in [3.63, 3.8) is 0 Å². The second-order valence-electron chi connectivity index (χ2n) is 18.3. The Labute approximate surface area is 410 Å². The summed E-state index contributed by atoms with van der Waals surface area (Å²) in [6, 6.07) is 0.0122. The van der Waals surface area contributed by atoms with Crippen LogP contribution >= 0.6 is 0 Å². The van der Waals surface area contributed by atoms with Crippen LogP contribution in [0, 0.1) is 30.1 Å². The number of carboxylic acid groups (broad SMARTS) is 1. The minimum atomic E-state index is -1.62. The summed E-state index contributed by atoms with van der Waals surface area (Å²) < 4.78 is 0. The molecule has 0 aliphatic rings. The maximum absolute atomic E-state index is 13.8. The topological polar surface area (TPSA) is 347 Å².